The number of aryl methyl sites for hydroxylation is 3. The third-order valence-corrected chi connectivity index (χ3v) is 3.72. The lowest BCUT2D eigenvalue weighted by molar-refractivity contribution is 0.0780. The molecule has 1 saturated heterocycles. The highest BCUT2D eigenvalue weighted by Crippen LogP contribution is 2.22. The number of carbonyl (C=O) groups excluding carboxylic acids is 1. The minimum absolute atomic E-state index is 0.112. The Kier molecular flexibility index (Phi) is 3.71. The molecule has 0 spiro atoms. The van der Waals surface area contributed by atoms with E-state index in [0.717, 1.165) is 29.7 Å². The molecule has 1 heterocycles. The van der Waals surface area contributed by atoms with Gasteiger partial charge in [-0.2, -0.15) is 0 Å². The van der Waals surface area contributed by atoms with E-state index in [1.807, 2.05) is 25.7 Å². The van der Waals surface area contributed by atoms with Crippen molar-refractivity contribution in [1.82, 2.24) is 4.90 Å². The number of hydrogen-bond acceptors (Lipinski definition) is 2. The van der Waals surface area contributed by atoms with Crippen molar-refractivity contribution in [3.63, 3.8) is 0 Å². The van der Waals surface area contributed by atoms with Crippen molar-refractivity contribution in [3.05, 3.63) is 34.4 Å². The average Bonchev–Trinajstić information content (AvgIpc) is 2.75. The molecule has 2 rings (SSSR count). The smallest absolute Gasteiger partial charge is 0.254 e. The van der Waals surface area contributed by atoms with Crippen LogP contribution in [0.2, 0.25) is 0 Å². The van der Waals surface area contributed by atoms with Gasteiger partial charge in [0.05, 0.1) is 0 Å². The highest BCUT2D eigenvalue weighted by Gasteiger charge is 2.27. The van der Waals surface area contributed by atoms with E-state index in [4.69, 9.17) is 5.11 Å². The Morgan fingerprint density at radius 2 is 1.94 bits per heavy atom. The van der Waals surface area contributed by atoms with Crippen LogP contribution in [0, 0.1) is 26.7 Å². The van der Waals surface area contributed by atoms with Gasteiger partial charge in [-0.1, -0.05) is 17.7 Å². The SMILES string of the molecule is Cc1cc(C)c(C(=O)N2CCC(CO)C2)c(C)c1. The van der Waals surface area contributed by atoms with E-state index in [1.165, 1.54) is 5.56 Å². The van der Waals surface area contributed by atoms with Crippen molar-refractivity contribution in [2.24, 2.45) is 5.92 Å². The van der Waals surface area contributed by atoms with Gasteiger partial charge in [-0.15, -0.1) is 0 Å². The molecule has 1 fully saturated rings. The second kappa shape index (κ2) is 5.11. The van der Waals surface area contributed by atoms with Crippen LogP contribution < -0.4 is 0 Å². The molecule has 1 aliphatic heterocycles. The summed E-state index contributed by atoms with van der Waals surface area (Å²) < 4.78 is 0. The van der Waals surface area contributed by atoms with Crippen molar-refractivity contribution in [2.75, 3.05) is 19.7 Å². The Morgan fingerprint density at radius 3 is 2.44 bits per heavy atom. The lowest BCUT2D eigenvalue weighted by Gasteiger charge is -2.19. The van der Waals surface area contributed by atoms with E-state index in [0.29, 0.717) is 6.54 Å². The first kappa shape index (κ1) is 13.1. The Morgan fingerprint density at radius 1 is 1.33 bits per heavy atom. The number of nitrogens with zero attached hydrogens (tertiary/aromatic N) is 1. The summed E-state index contributed by atoms with van der Waals surface area (Å²) >= 11 is 0. The molecule has 1 aliphatic rings. The predicted octanol–water partition coefficient (Wildman–Crippen LogP) is 2.07. The molecule has 1 aromatic carbocycles. The molecule has 0 bridgehead atoms. The molecule has 1 amide bonds. The minimum atomic E-state index is 0.112. The lowest BCUT2D eigenvalue weighted by atomic mass is 9.99. The van der Waals surface area contributed by atoms with Gasteiger partial charge in [0.15, 0.2) is 0 Å². The van der Waals surface area contributed by atoms with Gasteiger partial charge in [-0.05, 0) is 38.3 Å². The first-order valence-corrected chi connectivity index (χ1v) is 6.51. The van der Waals surface area contributed by atoms with E-state index in [2.05, 4.69) is 12.1 Å². The van der Waals surface area contributed by atoms with Crippen molar-refractivity contribution < 1.29 is 9.90 Å². The van der Waals surface area contributed by atoms with Crippen LogP contribution in [-0.2, 0) is 0 Å². The van der Waals surface area contributed by atoms with Gasteiger partial charge in [0.25, 0.3) is 5.91 Å². The van der Waals surface area contributed by atoms with Gasteiger partial charge in [0.1, 0.15) is 0 Å². The third-order valence-electron chi connectivity index (χ3n) is 3.72. The quantitative estimate of drug-likeness (QED) is 0.869. The van der Waals surface area contributed by atoms with Crippen LogP contribution in [0.4, 0.5) is 0 Å². The maximum Gasteiger partial charge on any atom is 0.254 e. The predicted molar refractivity (Wildman–Crippen MR) is 71.7 cm³/mol. The minimum Gasteiger partial charge on any atom is -0.396 e. The first-order chi connectivity index (χ1) is 8.52. The second-order valence-electron chi connectivity index (χ2n) is 5.36. The molecular weight excluding hydrogens is 226 g/mol. The van der Waals surface area contributed by atoms with Crippen LogP contribution >= 0.6 is 0 Å². The first-order valence-electron chi connectivity index (χ1n) is 6.51. The molecular formula is C15H21NO2. The zero-order chi connectivity index (χ0) is 13.3. The van der Waals surface area contributed by atoms with Crippen LogP contribution in [0.25, 0.3) is 0 Å². The van der Waals surface area contributed by atoms with Crippen LogP contribution in [0.5, 0.6) is 0 Å². The number of carbonyl (C=O) groups is 1. The zero-order valence-electron chi connectivity index (χ0n) is 11.4. The van der Waals surface area contributed by atoms with Gasteiger partial charge in [-0.3, -0.25) is 4.79 Å². The maximum absolute atomic E-state index is 12.5. The number of amides is 1. The largest absolute Gasteiger partial charge is 0.396 e. The molecule has 3 nitrogen and oxygen atoms in total. The number of aliphatic hydroxyl groups excluding tert-OH is 1. The molecule has 0 saturated carbocycles. The Balaban J connectivity index is 2.25. The van der Waals surface area contributed by atoms with Gasteiger partial charge >= 0.3 is 0 Å². The summed E-state index contributed by atoms with van der Waals surface area (Å²) in [6.07, 6.45) is 0.909. The number of benzene rings is 1. The summed E-state index contributed by atoms with van der Waals surface area (Å²) in [5.41, 5.74) is 4.12. The summed E-state index contributed by atoms with van der Waals surface area (Å²) in [6, 6.07) is 4.11. The summed E-state index contributed by atoms with van der Waals surface area (Å²) in [7, 11) is 0. The van der Waals surface area contributed by atoms with E-state index in [9.17, 15) is 4.79 Å². The van der Waals surface area contributed by atoms with Gasteiger partial charge < -0.3 is 10.0 Å². The van der Waals surface area contributed by atoms with Crippen molar-refractivity contribution in [3.8, 4) is 0 Å². The monoisotopic (exact) mass is 247 g/mol. The average molecular weight is 247 g/mol. The summed E-state index contributed by atoms with van der Waals surface area (Å²) in [5, 5.41) is 9.14. The Labute approximate surface area is 108 Å². The molecule has 3 heteroatoms. The highest BCUT2D eigenvalue weighted by atomic mass is 16.3. The van der Waals surface area contributed by atoms with Gasteiger partial charge in [0, 0.05) is 31.2 Å². The topological polar surface area (TPSA) is 40.5 Å². The van der Waals surface area contributed by atoms with Crippen molar-refractivity contribution in [2.45, 2.75) is 27.2 Å². The molecule has 18 heavy (non-hydrogen) atoms. The van der Waals surface area contributed by atoms with Crippen LogP contribution in [-0.4, -0.2) is 35.6 Å². The number of rotatable bonds is 2. The van der Waals surface area contributed by atoms with Gasteiger partial charge in [-0.25, -0.2) is 0 Å². The van der Waals surface area contributed by atoms with Crippen LogP contribution in [0.1, 0.15) is 33.5 Å². The van der Waals surface area contributed by atoms with E-state index < -0.39 is 0 Å². The maximum atomic E-state index is 12.5. The van der Waals surface area contributed by atoms with Gasteiger partial charge in [0.2, 0.25) is 0 Å². The molecule has 1 aromatic rings. The number of hydrogen-bond donors (Lipinski definition) is 1. The number of likely N-dealkylation sites (tertiary alicyclic amines) is 1. The van der Waals surface area contributed by atoms with E-state index in [1.54, 1.807) is 0 Å². The fourth-order valence-electron chi connectivity index (χ4n) is 2.84. The van der Waals surface area contributed by atoms with Crippen molar-refractivity contribution in [1.29, 1.82) is 0 Å². The molecule has 0 radical (unpaired) electrons. The van der Waals surface area contributed by atoms with Crippen LogP contribution in [0.3, 0.4) is 0 Å². The fraction of sp³-hybridized carbons (Fsp3) is 0.533. The zero-order valence-corrected chi connectivity index (χ0v) is 11.4. The lowest BCUT2D eigenvalue weighted by Crippen LogP contribution is -2.30. The van der Waals surface area contributed by atoms with E-state index in [-0.39, 0.29) is 18.4 Å². The molecule has 1 unspecified atom stereocenters. The molecule has 0 aromatic heterocycles. The Bertz CT molecular complexity index is 445. The normalized spacial score (nSPS) is 19.3. The van der Waals surface area contributed by atoms with Crippen molar-refractivity contribution >= 4 is 5.91 Å². The molecule has 0 aliphatic carbocycles. The standard InChI is InChI=1S/C15H21NO2/c1-10-6-11(2)14(12(3)7-10)15(18)16-5-4-13(8-16)9-17/h6-7,13,17H,4-5,8-9H2,1-3H3. The van der Waals surface area contributed by atoms with Crippen LogP contribution in [0.15, 0.2) is 12.1 Å². The Hall–Kier alpha value is -1.35. The summed E-state index contributed by atoms with van der Waals surface area (Å²) in [6.45, 7) is 7.65. The highest BCUT2D eigenvalue weighted by molar-refractivity contribution is 5.97. The molecule has 1 atom stereocenters. The fourth-order valence-corrected chi connectivity index (χ4v) is 2.84. The summed E-state index contributed by atoms with van der Waals surface area (Å²) in [5.74, 6) is 0.362. The second-order valence-corrected chi connectivity index (χ2v) is 5.36. The molecule has 98 valence electrons. The molecule has 1 N–H and O–H groups in total. The third kappa shape index (κ3) is 2.41. The van der Waals surface area contributed by atoms with E-state index >= 15 is 0 Å². The summed E-state index contributed by atoms with van der Waals surface area (Å²) in [4.78, 5) is 14.4. The number of aliphatic hydroxyl groups is 1.